The molecule has 0 spiro atoms. The summed E-state index contributed by atoms with van der Waals surface area (Å²) in [6, 6.07) is 6.86. The molecule has 0 heterocycles. The molecule has 0 unspecified atom stereocenters. The van der Waals surface area contributed by atoms with Gasteiger partial charge in [-0.15, -0.1) is 0 Å². The van der Waals surface area contributed by atoms with Crippen LogP contribution in [0.15, 0.2) is 39.8 Å². The minimum Gasteiger partial charge on any atom is -0.477 e. The van der Waals surface area contributed by atoms with Crippen molar-refractivity contribution in [1.29, 1.82) is 0 Å². The van der Waals surface area contributed by atoms with Crippen LogP contribution in [0, 0.1) is 0 Å². The Labute approximate surface area is 107 Å². The van der Waals surface area contributed by atoms with Gasteiger partial charge in [0.25, 0.3) is 0 Å². The van der Waals surface area contributed by atoms with Crippen LogP contribution in [-0.4, -0.2) is 25.7 Å². The van der Waals surface area contributed by atoms with Crippen LogP contribution in [0.3, 0.4) is 0 Å². The summed E-state index contributed by atoms with van der Waals surface area (Å²) in [4.78, 5) is 10.0. The lowest BCUT2D eigenvalue weighted by Gasteiger charge is -2.03. The quantitative estimate of drug-likeness (QED) is 0.827. The average molecular weight is 320 g/mol. The second-order valence-electron chi connectivity index (χ2n) is 3.24. The molecule has 0 saturated carbocycles. The SMILES string of the molecule is CS(=O)(=O)C(=CNc1ccc(Br)cc1)C(=O)O. The maximum absolute atomic E-state index is 11.2. The molecule has 0 aliphatic heterocycles. The number of anilines is 1. The number of sulfone groups is 1. The molecular formula is C10H10BrNO4S. The summed E-state index contributed by atoms with van der Waals surface area (Å²) in [5.41, 5.74) is 0.593. The molecule has 0 aliphatic rings. The van der Waals surface area contributed by atoms with Crippen LogP contribution in [0.5, 0.6) is 0 Å². The number of aliphatic carboxylic acids is 1. The van der Waals surface area contributed by atoms with Gasteiger partial charge in [0, 0.05) is 22.6 Å². The highest BCUT2D eigenvalue weighted by atomic mass is 79.9. The van der Waals surface area contributed by atoms with E-state index in [1.807, 2.05) is 0 Å². The fourth-order valence-corrected chi connectivity index (χ4v) is 1.88. The van der Waals surface area contributed by atoms with E-state index >= 15 is 0 Å². The number of hydrogen-bond acceptors (Lipinski definition) is 4. The lowest BCUT2D eigenvalue weighted by atomic mass is 10.3. The Morgan fingerprint density at radius 1 is 1.35 bits per heavy atom. The van der Waals surface area contributed by atoms with Gasteiger partial charge in [0.05, 0.1) is 0 Å². The Balaban J connectivity index is 2.95. The molecule has 0 fully saturated rings. The van der Waals surface area contributed by atoms with Crippen molar-refractivity contribution >= 4 is 37.4 Å². The van der Waals surface area contributed by atoms with Crippen LogP contribution in [0.2, 0.25) is 0 Å². The van der Waals surface area contributed by atoms with Crippen LogP contribution >= 0.6 is 15.9 Å². The molecule has 1 aromatic rings. The van der Waals surface area contributed by atoms with E-state index in [-0.39, 0.29) is 0 Å². The topological polar surface area (TPSA) is 83.5 Å². The van der Waals surface area contributed by atoms with Gasteiger partial charge in [-0.2, -0.15) is 0 Å². The third kappa shape index (κ3) is 4.20. The molecule has 0 atom stereocenters. The van der Waals surface area contributed by atoms with E-state index < -0.39 is 20.7 Å². The first-order chi connectivity index (χ1) is 7.80. The minimum absolute atomic E-state index is 0.593. The lowest BCUT2D eigenvalue weighted by molar-refractivity contribution is -0.131. The van der Waals surface area contributed by atoms with E-state index in [9.17, 15) is 13.2 Å². The lowest BCUT2D eigenvalue weighted by Crippen LogP contribution is -2.12. The third-order valence-corrected chi connectivity index (χ3v) is 3.44. The van der Waals surface area contributed by atoms with E-state index in [1.54, 1.807) is 24.3 Å². The van der Waals surface area contributed by atoms with Crippen molar-refractivity contribution in [3.63, 3.8) is 0 Å². The van der Waals surface area contributed by atoms with Gasteiger partial charge in [-0.3, -0.25) is 0 Å². The highest BCUT2D eigenvalue weighted by Gasteiger charge is 2.19. The van der Waals surface area contributed by atoms with Crippen LogP contribution in [0.25, 0.3) is 0 Å². The minimum atomic E-state index is -3.75. The van der Waals surface area contributed by atoms with Crippen LogP contribution in [-0.2, 0) is 14.6 Å². The maximum atomic E-state index is 11.2. The van der Waals surface area contributed by atoms with Crippen molar-refractivity contribution in [3.8, 4) is 0 Å². The Bertz CT molecular complexity index is 548. The molecule has 0 bridgehead atoms. The van der Waals surface area contributed by atoms with Gasteiger partial charge in [0.1, 0.15) is 0 Å². The fraction of sp³-hybridized carbons (Fsp3) is 0.100. The molecule has 0 aliphatic carbocycles. The van der Waals surface area contributed by atoms with E-state index in [1.165, 1.54) is 0 Å². The Kier molecular flexibility index (Phi) is 4.30. The predicted molar refractivity (Wildman–Crippen MR) is 68.3 cm³/mol. The van der Waals surface area contributed by atoms with Gasteiger partial charge in [-0.25, -0.2) is 13.2 Å². The molecule has 0 amide bonds. The fourth-order valence-electron chi connectivity index (χ4n) is 1.02. The summed E-state index contributed by atoms with van der Waals surface area (Å²) in [6.07, 6.45) is 1.80. The number of halogens is 1. The molecule has 7 heteroatoms. The van der Waals surface area contributed by atoms with E-state index in [0.29, 0.717) is 5.69 Å². The first-order valence-electron chi connectivity index (χ1n) is 4.46. The van der Waals surface area contributed by atoms with Crippen molar-refractivity contribution in [2.45, 2.75) is 0 Å². The molecule has 1 aromatic carbocycles. The van der Waals surface area contributed by atoms with Crippen molar-refractivity contribution in [1.82, 2.24) is 0 Å². The second kappa shape index (κ2) is 5.33. The molecule has 5 nitrogen and oxygen atoms in total. The standard InChI is InChI=1S/C10H10BrNO4S/c1-17(15,16)9(10(13)14)6-12-8-4-2-7(11)3-5-8/h2-6,12H,1H3,(H,13,14). The zero-order valence-electron chi connectivity index (χ0n) is 8.84. The summed E-state index contributed by atoms with van der Waals surface area (Å²) in [5.74, 6) is -1.49. The van der Waals surface area contributed by atoms with Crippen molar-refractivity contribution in [2.75, 3.05) is 11.6 Å². The summed E-state index contributed by atoms with van der Waals surface area (Å²) in [6.45, 7) is 0. The monoisotopic (exact) mass is 319 g/mol. The molecular weight excluding hydrogens is 310 g/mol. The number of carbonyl (C=O) groups is 1. The van der Waals surface area contributed by atoms with Crippen molar-refractivity contribution < 1.29 is 18.3 Å². The van der Waals surface area contributed by atoms with Crippen LogP contribution in [0.4, 0.5) is 5.69 Å². The number of hydrogen-bond donors (Lipinski definition) is 2. The predicted octanol–water partition coefficient (Wildman–Crippen LogP) is 1.83. The largest absolute Gasteiger partial charge is 0.477 e. The highest BCUT2D eigenvalue weighted by Crippen LogP contribution is 2.15. The first-order valence-corrected chi connectivity index (χ1v) is 7.15. The molecule has 0 saturated heterocycles. The molecule has 0 radical (unpaired) electrons. The summed E-state index contributed by atoms with van der Waals surface area (Å²) in [7, 11) is -3.75. The number of carboxylic acids is 1. The zero-order chi connectivity index (χ0) is 13.1. The molecule has 92 valence electrons. The number of benzene rings is 1. The van der Waals surface area contributed by atoms with E-state index in [4.69, 9.17) is 5.11 Å². The third-order valence-electron chi connectivity index (χ3n) is 1.82. The van der Waals surface area contributed by atoms with Crippen molar-refractivity contribution in [3.05, 3.63) is 39.8 Å². The Hall–Kier alpha value is -1.34. The molecule has 1 rings (SSSR count). The van der Waals surface area contributed by atoms with E-state index in [2.05, 4.69) is 21.2 Å². The Morgan fingerprint density at radius 3 is 2.29 bits per heavy atom. The summed E-state index contributed by atoms with van der Waals surface area (Å²) >= 11 is 3.25. The number of nitrogens with one attached hydrogen (secondary N) is 1. The van der Waals surface area contributed by atoms with Gasteiger partial charge >= 0.3 is 5.97 Å². The summed E-state index contributed by atoms with van der Waals surface area (Å²) < 4.78 is 23.2. The first kappa shape index (κ1) is 13.7. The molecule has 0 aromatic heterocycles. The molecule has 2 N–H and O–H groups in total. The average Bonchev–Trinajstić information content (AvgIpc) is 2.18. The molecule has 17 heavy (non-hydrogen) atoms. The van der Waals surface area contributed by atoms with Crippen LogP contribution in [0.1, 0.15) is 0 Å². The normalized spacial score (nSPS) is 12.2. The van der Waals surface area contributed by atoms with Gasteiger partial charge in [-0.05, 0) is 24.3 Å². The number of carboxylic acid groups (broad SMARTS) is 1. The maximum Gasteiger partial charge on any atom is 0.348 e. The van der Waals surface area contributed by atoms with Gasteiger partial charge in [-0.1, -0.05) is 15.9 Å². The summed E-state index contributed by atoms with van der Waals surface area (Å²) in [5, 5.41) is 11.4. The smallest absolute Gasteiger partial charge is 0.348 e. The van der Waals surface area contributed by atoms with Crippen molar-refractivity contribution in [2.24, 2.45) is 0 Å². The van der Waals surface area contributed by atoms with Crippen LogP contribution < -0.4 is 5.32 Å². The second-order valence-corrected chi connectivity index (χ2v) is 6.14. The van der Waals surface area contributed by atoms with Gasteiger partial charge in [0.2, 0.25) is 0 Å². The van der Waals surface area contributed by atoms with E-state index in [0.717, 1.165) is 16.9 Å². The highest BCUT2D eigenvalue weighted by molar-refractivity contribution is 9.10. The number of rotatable bonds is 4. The zero-order valence-corrected chi connectivity index (χ0v) is 11.2. The van der Waals surface area contributed by atoms with Gasteiger partial charge in [0.15, 0.2) is 14.7 Å². The Morgan fingerprint density at radius 2 is 1.88 bits per heavy atom. The van der Waals surface area contributed by atoms with Gasteiger partial charge < -0.3 is 10.4 Å².